The fourth-order valence-corrected chi connectivity index (χ4v) is 2.62. The van der Waals surface area contributed by atoms with Crippen LogP contribution in [0.5, 0.6) is 0 Å². The van der Waals surface area contributed by atoms with E-state index >= 15 is 0 Å². The number of piperidine rings is 1. The molecule has 3 rings (SSSR count). The Balaban J connectivity index is 1.56. The predicted octanol–water partition coefficient (Wildman–Crippen LogP) is 1.03. The lowest BCUT2D eigenvalue weighted by atomic mass is 9.97. The van der Waals surface area contributed by atoms with E-state index in [2.05, 4.69) is 20.4 Å². The van der Waals surface area contributed by atoms with E-state index in [0.29, 0.717) is 0 Å². The van der Waals surface area contributed by atoms with Gasteiger partial charge in [-0.05, 0) is 44.7 Å². The zero-order valence-electron chi connectivity index (χ0n) is 10.1. The SMILES string of the molecule is c1noc(CN(CC2CCNCC2)C2CC2)n1. The minimum Gasteiger partial charge on any atom is -0.338 e. The van der Waals surface area contributed by atoms with Crippen LogP contribution in [0.3, 0.4) is 0 Å². The number of aromatic nitrogens is 2. The van der Waals surface area contributed by atoms with Gasteiger partial charge in [0.1, 0.15) is 0 Å². The molecule has 94 valence electrons. The molecule has 5 nitrogen and oxygen atoms in total. The second kappa shape index (κ2) is 5.14. The lowest BCUT2D eigenvalue weighted by molar-refractivity contribution is 0.170. The molecule has 1 aliphatic heterocycles. The third-order valence-corrected chi connectivity index (χ3v) is 3.76. The molecule has 2 heterocycles. The molecule has 0 spiro atoms. The van der Waals surface area contributed by atoms with Gasteiger partial charge in [-0.3, -0.25) is 4.90 Å². The van der Waals surface area contributed by atoms with Gasteiger partial charge in [0, 0.05) is 12.6 Å². The van der Waals surface area contributed by atoms with Crippen molar-refractivity contribution < 1.29 is 4.52 Å². The van der Waals surface area contributed by atoms with Crippen LogP contribution in [0, 0.1) is 5.92 Å². The molecular weight excluding hydrogens is 216 g/mol. The smallest absolute Gasteiger partial charge is 0.240 e. The molecule has 2 fully saturated rings. The summed E-state index contributed by atoms with van der Waals surface area (Å²) in [7, 11) is 0. The molecule has 0 atom stereocenters. The molecule has 0 aromatic carbocycles. The number of nitrogens with one attached hydrogen (secondary N) is 1. The lowest BCUT2D eigenvalue weighted by Crippen LogP contribution is -2.37. The summed E-state index contributed by atoms with van der Waals surface area (Å²) in [5, 5.41) is 7.10. The first-order chi connectivity index (χ1) is 8.42. The van der Waals surface area contributed by atoms with Gasteiger partial charge in [0.25, 0.3) is 0 Å². The molecule has 17 heavy (non-hydrogen) atoms. The summed E-state index contributed by atoms with van der Waals surface area (Å²) in [4.78, 5) is 6.66. The van der Waals surface area contributed by atoms with Crippen molar-refractivity contribution in [2.24, 2.45) is 5.92 Å². The van der Waals surface area contributed by atoms with Gasteiger partial charge >= 0.3 is 0 Å². The summed E-state index contributed by atoms with van der Waals surface area (Å²) in [5.74, 6) is 1.59. The third kappa shape index (κ3) is 3.04. The van der Waals surface area contributed by atoms with Crippen LogP contribution < -0.4 is 5.32 Å². The lowest BCUT2D eigenvalue weighted by Gasteiger charge is -2.29. The minimum atomic E-state index is 0.755. The van der Waals surface area contributed by atoms with Crippen molar-refractivity contribution in [3.05, 3.63) is 12.2 Å². The summed E-state index contributed by atoms with van der Waals surface area (Å²) < 4.78 is 5.12. The Labute approximate surface area is 102 Å². The molecule has 0 unspecified atom stereocenters. The van der Waals surface area contributed by atoms with Crippen LogP contribution in [0.15, 0.2) is 10.9 Å². The summed E-state index contributed by atoms with van der Waals surface area (Å²) in [6, 6.07) is 0.761. The molecule has 1 aromatic heterocycles. The number of hydrogen-bond acceptors (Lipinski definition) is 5. The van der Waals surface area contributed by atoms with Crippen LogP contribution in [-0.4, -0.2) is 40.7 Å². The maximum absolute atomic E-state index is 5.12. The summed E-state index contributed by atoms with van der Waals surface area (Å²) in [6.07, 6.45) is 6.75. The normalized spacial score (nSPS) is 22.2. The molecule has 1 saturated heterocycles. The monoisotopic (exact) mass is 236 g/mol. The molecule has 1 saturated carbocycles. The fraction of sp³-hybridized carbons (Fsp3) is 0.833. The van der Waals surface area contributed by atoms with Gasteiger partial charge in [0.15, 0.2) is 6.33 Å². The van der Waals surface area contributed by atoms with E-state index in [1.807, 2.05) is 0 Å². The van der Waals surface area contributed by atoms with Crippen LogP contribution in [0.25, 0.3) is 0 Å². The van der Waals surface area contributed by atoms with E-state index in [9.17, 15) is 0 Å². The first-order valence-corrected chi connectivity index (χ1v) is 6.62. The molecule has 0 radical (unpaired) electrons. The van der Waals surface area contributed by atoms with Crippen molar-refractivity contribution >= 4 is 0 Å². The van der Waals surface area contributed by atoms with E-state index in [1.165, 1.54) is 51.6 Å². The van der Waals surface area contributed by atoms with Gasteiger partial charge < -0.3 is 9.84 Å². The second-order valence-corrected chi connectivity index (χ2v) is 5.19. The van der Waals surface area contributed by atoms with Crippen molar-refractivity contribution in [2.45, 2.75) is 38.3 Å². The number of nitrogens with zero attached hydrogens (tertiary/aromatic N) is 3. The zero-order valence-corrected chi connectivity index (χ0v) is 10.1. The number of hydrogen-bond donors (Lipinski definition) is 1. The average molecular weight is 236 g/mol. The van der Waals surface area contributed by atoms with Crippen LogP contribution >= 0.6 is 0 Å². The van der Waals surface area contributed by atoms with E-state index in [1.54, 1.807) is 0 Å². The van der Waals surface area contributed by atoms with E-state index in [-0.39, 0.29) is 0 Å². The van der Waals surface area contributed by atoms with Gasteiger partial charge in [-0.15, -0.1) is 0 Å². The van der Waals surface area contributed by atoms with Crippen molar-refractivity contribution in [2.75, 3.05) is 19.6 Å². The van der Waals surface area contributed by atoms with Crippen molar-refractivity contribution in [3.63, 3.8) is 0 Å². The highest BCUT2D eigenvalue weighted by atomic mass is 16.5. The summed E-state index contributed by atoms with van der Waals surface area (Å²) in [5.41, 5.74) is 0. The van der Waals surface area contributed by atoms with Gasteiger partial charge in [-0.25, -0.2) is 0 Å². The fourth-order valence-electron chi connectivity index (χ4n) is 2.62. The molecule has 0 bridgehead atoms. The van der Waals surface area contributed by atoms with Gasteiger partial charge in [0.05, 0.1) is 6.54 Å². The van der Waals surface area contributed by atoms with E-state index in [4.69, 9.17) is 4.52 Å². The van der Waals surface area contributed by atoms with Gasteiger partial charge in [-0.1, -0.05) is 5.16 Å². The first kappa shape index (κ1) is 11.2. The van der Waals surface area contributed by atoms with Crippen molar-refractivity contribution in [1.29, 1.82) is 0 Å². The van der Waals surface area contributed by atoms with Crippen LogP contribution in [-0.2, 0) is 6.54 Å². The van der Waals surface area contributed by atoms with Crippen LogP contribution in [0.2, 0.25) is 0 Å². The van der Waals surface area contributed by atoms with Gasteiger partial charge in [0.2, 0.25) is 5.89 Å². The highest BCUT2D eigenvalue weighted by molar-refractivity contribution is 4.89. The van der Waals surface area contributed by atoms with Crippen molar-refractivity contribution in [3.8, 4) is 0 Å². The average Bonchev–Trinajstić information content (AvgIpc) is 3.09. The van der Waals surface area contributed by atoms with Crippen molar-refractivity contribution in [1.82, 2.24) is 20.4 Å². The standard InChI is InChI=1S/C12H20N4O/c1-2-11(1)16(8-12-14-9-15-17-12)7-10-3-5-13-6-4-10/h9-11,13H,1-8H2. The third-order valence-electron chi connectivity index (χ3n) is 3.76. The summed E-state index contributed by atoms with van der Waals surface area (Å²) in [6.45, 7) is 4.36. The first-order valence-electron chi connectivity index (χ1n) is 6.62. The van der Waals surface area contributed by atoms with E-state index in [0.717, 1.165) is 24.4 Å². The Bertz CT molecular complexity index is 330. The highest BCUT2D eigenvalue weighted by Crippen LogP contribution is 2.30. The number of rotatable bonds is 5. The Morgan fingerprint density at radius 2 is 2.12 bits per heavy atom. The van der Waals surface area contributed by atoms with Gasteiger partial charge in [-0.2, -0.15) is 4.98 Å². The highest BCUT2D eigenvalue weighted by Gasteiger charge is 2.31. The maximum Gasteiger partial charge on any atom is 0.240 e. The Kier molecular flexibility index (Phi) is 3.38. The molecule has 1 aromatic rings. The molecular formula is C12H20N4O. The molecule has 1 N–H and O–H groups in total. The molecule has 2 aliphatic rings. The van der Waals surface area contributed by atoms with E-state index < -0.39 is 0 Å². The molecule has 5 heteroatoms. The topological polar surface area (TPSA) is 54.2 Å². The largest absolute Gasteiger partial charge is 0.338 e. The molecule has 0 amide bonds. The Morgan fingerprint density at radius 1 is 1.29 bits per heavy atom. The quantitative estimate of drug-likeness (QED) is 0.827. The van der Waals surface area contributed by atoms with Crippen LogP contribution in [0.1, 0.15) is 31.6 Å². The maximum atomic E-state index is 5.12. The second-order valence-electron chi connectivity index (χ2n) is 5.19. The summed E-state index contributed by atoms with van der Waals surface area (Å²) >= 11 is 0. The Morgan fingerprint density at radius 3 is 2.76 bits per heavy atom. The van der Waals surface area contributed by atoms with Crippen LogP contribution in [0.4, 0.5) is 0 Å². The minimum absolute atomic E-state index is 0.755. The molecule has 1 aliphatic carbocycles. The predicted molar refractivity (Wildman–Crippen MR) is 63.3 cm³/mol. The zero-order chi connectivity index (χ0) is 11.5. The Hall–Kier alpha value is -0.940.